The minimum atomic E-state index is -0.221. The lowest BCUT2D eigenvalue weighted by Crippen LogP contribution is -2.15. The van der Waals surface area contributed by atoms with Crippen molar-refractivity contribution in [2.24, 2.45) is 0 Å². The highest BCUT2D eigenvalue weighted by Gasteiger charge is 2.39. The predicted octanol–water partition coefficient (Wildman–Crippen LogP) is 22.2. The number of fused-ring (bicyclic) bond motifs is 13. The van der Waals surface area contributed by atoms with Gasteiger partial charge in [0.25, 0.3) is 0 Å². The van der Waals surface area contributed by atoms with E-state index in [0.29, 0.717) is 0 Å². The first-order valence-corrected chi connectivity index (χ1v) is 28.7. The van der Waals surface area contributed by atoms with E-state index in [1.54, 1.807) is 0 Å². The van der Waals surface area contributed by atoms with Crippen LogP contribution < -0.4 is 0 Å². The molecule has 0 radical (unpaired) electrons. The molecule has 13 aromatic carbocycles. The van der Waals surface area contributed by atoms with Gasteiger partial charge in [-0.25, -0.2) is 0 Å². The van der Waals surface area contributed by atoms with E-state index in [0.717, 1.165) is 5.02 Å². The zero-order chi connectivity index (χ0) is 54.0. The summed E-state index contributed by atoms with van der Waals surface area (Å²) < 4.78 is 0. The van der Waals surface area contributed by atoms with Gasteiger partial charge in [-0.15, -0.1) is 0 Å². The fraction of sp³-hybridized carbons (Fsp3) is 0.114. The van der Waals surface area contributed by atoms with Crippen molar-refractivity contribution < 1.29 is 0 Å². The Kier molecular flexibility index (Phi) is 9.95. The van der Waals surface area contributed by atoms with Gasteiger partial charge in [0.1, 0.15) is 0 Å². The fourth-order valence-electron chi connectivity index (χ4n) is 15.1. The fourth-order valence-corrected chi connectivity index (χ4v) is 15.2. The molecular weight excluding hydrogens is 984 g/mol. The van der Waals surface area contributed by atoms with Crippen LogP contribution in [0.3, 0.4) is 0 Å². The lowest BCUT2D eigenvalue weighted by molar-refractivity contribution is 0.660. The van der Waals surface area contributed by atoms with Crippen LogP contribution in [0.5, 0.6) is 0 Å². The second kappa shape index (κ2) is 16.9. The molecule has 0 heterocycles. The summed E-state index contributed by atoms with van der Waals surface area (Å²) >= 11 is 6.41. The second-order valence-electron chi connectivity index (χ2n) is 24.4. The van der Waals surface area contributed by atoms with Crippen molar-refractivity contribution in [2.45, 2.75) is 57.8 Å². The normalized spacial score (nSPS) is 14.7. The van der Waals surface area contributed by atoms with Crippen LogP contribution in [0.4, 0.5) is 0 Å². The zero-order valence-corrected chi connectivity index (χ0v) is 46.7. The highest BCUT2D eigenvalue weighted by atomic mass is 35.5. The van der Waals surface area contributed by atoms with Gasteiger partial charge in [0.2, 0.25) is 0 Å². The highest BCUT2D eigenvalue weighted by molar-refractivity contribution is 6.31. The second-order valence-corrected chi connectivity index (χ2v) is 24.8. The van der Waals surface area contributed by atoms with Crippen molar-refractivity contribution >= 4 is 54.7 Å². The molecule has 0 saturated carbocycles. The maximum atomic E-state index is 6.41. The average molecular weight is 1040 g/mol. The molecule has 16 rings (SSSR count). The smallest absolute Gasteiger partial charge is 0.0406 e. The van der Waals surface area contributed by atoms with Gasteiger partial charge in [0, 0.05) is 21.3 Å². The summed E-state index contributed by atoms with van der Waals surface area (Å²) in [6, 6.07) is 89.5. The molecule has 1 heteroatoms. The van der Waals surface area contributed by atoms with Gasteiger partial charge in [-0.2, -0.15) is 0 Å². The minimum Gasteiger partial charge on any atom is -0.0843 e. The van der Waals surface area contributed by atoms with Crippen LogP contribution in [0.15, 0.2) is 237 Å². The SMILES string of the molecule is CC1(C)c2ccccc2-c2ccc(-c3c4ccccc4c(-c4ccc5c(c4)C(C)(C)c4cc(-c6ccc7c(c6)C(C)(C)c6cc(-c8c9ccccc9c(-c9ccc(Cl)cc9)c9ccccc89)ccc6-7)ccc4-5)c4ccccc34)cc21. The lowest BCUT2D eigenvalue weighted by Gasteiger charge is -2.24. The first kappa shape index (κ1) is 47.2. The highest BCUT2D eigenvalue weighted by Crippen LogP contribution is 2.56. The zero-order valence-electron chi connectivity index (χ0n) is 45.9. The standard InChI is InChI=1S/C79H57Cl/c1-77(2)67-26-16-15-17-53(67)54-38-31-49(43-70(54)77)75-63-22-11-13-24-65(63)76(66-25-14-12-23-64(66)75)51-33-40-58-56-37-30-48(42-69(56)79(5,6)72(58)45-51)47-29-36-55-57-39-32-50(44-71(57)78(3,4)68(55)41-47)74-61-20-9-7-18-59(61)73(46-27-34-52(80)35-28-46)60-19-8-10-21-62(60)74/h7-45H,1-6H3. The molecule has 0 fully saturated rings. The van der Waals surface area contributed by atoms with E-state index in [-0.39, 0.29) is 16.2 Å². The summed E-state index contributed by atoms with van der Waals surface area (Å²) in [4.78, 5) is 0. The summed E-state index contributed by atoms with van der Waals surface area (Å²) in [7, 11) is 0. The monoisotopic (exact) mass is 1040 g/mol. The van der Waals surface area contributed by atoms with Crippen LogP contribution in [-0.2, 0) is 16.2 Å². The molecule has 380 valence electrons. The Morgan fingerprint density at radius 1 is 0.212 bits per heavy atom. The first-order chi connectivity index (χ1) is 38.9. The van der Waals surface area contributed by atoms with Crippen molar-refractivity contribution in [3.8, 4) is 89.0 Å². The van der Waals surface area contributed by atoms with E-state index in [1.807, 2.05) is 12.1 Å². The molecule has 0 aromatic heterocycles. The van der Waals surface area contributed by atoms with Crippen molar-refractivity contribution in [1.29, 1.82) is 0 Å². The first-order valence-electron chi connectivity index (χ1n) is 28.3. The van der Waals surface area contributed by atoms with Gasteiger partial charge < -0.3 is 0 Å². The molecule has 0 aliphatic heterocycles. The molecule has 3 aliphatic carbocycles. The third-order valence-electron chi connectivity index (χ3n) is 19.1. The predicted molar refractivity (Wildman–Crippen MR) is 341 cm³/mol. The van der Waals surface area contributed by atoms with Gasteiger partial charge in [0.05, 0.1) is 0 Å². The number of benzene rings is 13. The van der Waals surface area contributed by atoms with E-state index >= 15 is 0 Å². The number of hydrogen-bond acceptors (Lipinski definition) is 0. The van der Waals surface area contributed by atoms with Crippen LogP contribution in [0.1, 0.15) is 74.9 Å². The van der Waals surface area contributed by atoms with Gasteiger partial charge in [-0.05, 0) is 208 Å². The average Bonchev–Trinajstić information content (AvgIpc) is 4.15. The van der Waals surface area contributed by atoms with Crippen LogP contribution >= 0.6 is 11.6 Å². The van der Waals surface area contributed by atoms with Gasteiger partial charge in [0.15, 0.2) is 0 Å². The summed E-state index contributed by atoms with van der Waals surface area (Å²) in [5.41, 5.74) is 28.4. The van der Waals surface area contributed by atoms with Crippen molar-refractivity contribution in [1.82, 2.24) is 0 Å². The van der Waals surface area contributed by atoms with E-state index in [1.165, 1.54) is 165 Å². The molecule has 0 N–H and O–H groups in total. The Labute approximate surface area is 473 Å². The number of hydrogen-bond donors (Lipinski definition) is 0. The van der Waals surface area contributed by atoms with Crippen LogP contribution in [-0.4, -0.2) is 0 Å². The quantitative estimate of drug-likeness (QED) is 0.151. The third kappa shape index (κ3) is 6.58. The lowest BCUT2D eigenvalue weighted by atomic mass is 9.79. The molecule has 0 spiro atoms. The van der Waals surface area contributed by atoms with E-state index < -0.39 is 0 Å². The molecular formula is C79H57Cl. The number of halogens is 1. The number of rotatable bonds is 5. The van der Waals surface area contributed by atoms with Gasteiger partial charge in [-0.1, -0.05) is 247 Å². The molecule has 13 aromatic rings. The van der Waals surface area contributed by atoms with Crippen molar-refractivity contribution in [3.63, 3.8) is 0 Å². The molecule has 80 heavy (non-hydrogen) atoms. The van der Waals surface area contributed by atoms with Crippen molar-refractivity contribution in [3.05, 3.63) is 275 Å². The summed E-state index contributed by atoms with van der Waals surface area (Å²) in [6.45, 7) is 14.4. The third-order valence-corrected chi connectivity index (χ3v) is 19.4. The molecule has 0 amide bonds. The van der Waals surface area contributed by atoms with Crippen LogP contribution in [0.2, 0.25) is 5.02 Å². The Bertz CT molecular complexity index is 4730. The molecule has 0 saturated heterocycles. The topological polar surface area (TPSA) is 0 Å². The maximum Gasteiger partial charge on any atom is 0.0406 e. The van der Waals surface area contributed by atoms with E-state index in [2.05, 4.69) is 266 Å². The molecule has 0 bridgehead atoms. The van der Waals surface area contributed by atoms with Crippen LogP contribution in [0.25, 0.3) is 132 Å². The molecule has 3 aliphatic rings. The van der Waals surface area contributed by atoms with Crippen molar-refractivity contribution in [2.75, 3.05) is 0 Å². The molecule has 0 atom stereocenters. The van der Waals surface area contributed by atoms with Crippen LogP contribution in [0, 0.1) is 0 Å². The largest absolute Gasteiger partial charge is 0.0843 e. The summed E-state index contributed by atoms with van der Waals surface area (Å²) in [5.74, 6) is 0. The summed E-state index contributed by atoms with van der Waals surface area (Å²) in [6.07, 6.45) is 0. The Morgan fingerprint density at radius 2 is 0.438 bits per heavy atom. The van der Waals surface area contributed by atoms with E-state index in [4.69, 9.17) is 11.6 Å². The minimum absolute atomic E-state index is 0.0819. The maximum absolute atomic E-state index is 6.41. The Morgan fingerprint density at radius 3 is 0.762 bits per heavy atom. The molecule has 0 nitrogen and oxygen atoms in total. The Hall–Kier alpha value is -8.81. The van der Waals surface area contributed by atoms with Gasteiger partial charge in [-0.3, -0.25) is 0 Å². The van der Waals surface area contributed by atoms with Gasteiger partial charge >= 0.3 is 0 Å². The molecule has 0 unspecified atom stereocenters. The summed E-state index contributed by atoms with van der Waals surface area (Å²) in [5, 5.41) is 10.9. The van der Waals surface area contributed by atoms with E-state index in [9.17, 15) is 0 Å². The Balaban J connectivity index is 0.758.